The first kappa shape index (κ1) is 18.4. The van der Waals surface area contributed by atoms with Gasteiger partial charge in [0.1, 0.15) is 22.2 Å². The van der Waals surface area contributed by atoms with E-state index in [4.69, 9.17) is 14.7 Å². The van der Waals surface area contributed by atoms with Gasteiger partial charge in [0, 0.05) is 16.1 Å². The smallest absolute Gasteiger partial charge is 0.143 e. The van der Waals surface area contributed by atoms with Gasteiger partial charge >= 0.3 is 0 Å². The summed E-state index contributed by atoms with van der Waals surface area (Å²) in [7, 11) is 0. The minimum atomic E-state index is 0.664. The average molecular weight is 390 g/mol. The van der Waals surface area contributed by atoms with Gasteiger partial charge in [-0.25, -0.2) is 9.97 Å². The number of nitrogens with one attached hydrogen (secondary N) is 1. The highest BCUT2D eigenvalue weighted by Gasteiger charge is 2.18. The van der Waals surface area contributed by atoms with E-state index < -0.39 is 0 Å². The fraction of sp³-hybridized carbons (Fsp3) is 0.217. The molecule has 0 amide bonds. The Kier molecular flexibility index (Phi) is 5.01. The topological polar surface area (TPSA) is 47.0 Å². The number of hydrogen-bond donors (Lipinski definition) is 1. The predicted octanol–water partition coefficient (Wildman–Crippen LogP) is 6.43. The molecule has 2 aromatic heterocycles. The fourth-order valence-corrected chi connectivity index (χ4v) is 4.49. The Morgan fingerprint density at radius 3 is 2.50 bits per heavy atom. The van der Waals surface area contributed by atoms with Gasteiger partial charge in [-0.1, -0.05) is 24.3 Å². The van der Waals surface area contributed by atoms with Crippen LogP contribution in [0.1, 0.15) is 23.2 Å². The van der Waals surface area contributed by atoms with Crippen molar-refractivity contribution in [3.8, 4) is 16.9 Å². The van der Waals surface area contributed by atoms with E-state index in [1.54, 1.807) is 11.3 Å². The largest absolute Gasteiger partial charge is 0.494 e. The number of nitrogens with zero attached hydrogens (tertiary/aromatic N) is 2. The maximum absolute atomic E-state index is 5.59. The summed E-state index contributed by atoms with van der Waals surface area (Å²) < 4.78 is 5.59. The molecule has 0 bridgehead atoms. The van der Waals surface area contributed by atoms with Crippen LogP contribution in [0.2, 0.25) is 0 Å². The maximum Gasteiger partial charge on any atom is 0.143 e. The highest BCUT2D eigenvalue weighted by Crippen LogP contribution is 2.41. The van der Waals surface area contributed by atoms with Gasteiger partial charge in [-0.15, -0.1) is 11.3 Å². The SMILES string of the molecule is CCOc1ccc(-c2c(C)sc3nc(C)nc(Nc4cccc(C)c4)c23)cc1. The summed E-state index contributed by atoms with van der Waals surface area (Å²) in [6, 6.07) is 16.6. The second kappa shape index (κ2) is 7.60. The van der Waals surface area contributed by atoms with Crippen LogP contribution in [0.25, 0.3) is 21.3 Å². The molecule has 2 aromatic carbocycles. The zero-order chi connectivity index (χ0) is 19.7. The summed E-state index contributed by atoms with van der Waals surface area (Å²) in [6.07, 6.45) is 0. The van der Waals surface area contributed by atoms with Crippen LogP contribution in [0.3, 0.4) is 0 Å². The van der Waals surface area contributed by atoms with E-state index >= 15 is 0 Å². The van der Waals surface area contributed by atoms with E-state index in [2.05, 4.69) is 55.6 Å². The Balaban J connectivity index is 1.86. The first-order chi connectivity index (χ1) is 13.5. The molecule has 0 atom stereocenters. The van der Waals surface area contributed by atoms with Crippen LogP contribution in [0, 0.1) is 20.8 Å². The van der Waals surface area contributed by atoms with Crippen molar-refractivity contribution >= 4 is 33.1 Å². The lowest BCUT2D eigenvalue weighted by Gasteiger charge is -2.11. The van der Waals surface area contributed by atoms with Crippen LogP contribution >= 0.6 is 11.3 Å². The Bertz CT molecular complexity index is 1130. The van der Waals surface area contributed by atoms with Crippen LogP contribution in [-0.2, 0) is 0 Å². The molecule has 0 fully saturated rings. The van der Waals surface area contributed by atoms with Crippen molar-refractivity contribution in [2.24, 2.45) is 0 Å². The zero-order valence-corrected chi connectivity index (χ0v) is 17.4. The normalized spacial score (nSPS) is 11.0. The molecule has 0 aliphatic heterocycles. The van der Waals surface area contributed by atoms with Gasteiger partial charge in [0.15, 0.2) is 0 Å². The molecule has 0 unspecified atom stereocenters. The van der Waals surface area contributed by atoms with E-state index in [9.17, 15) is 0 Å². The third-order valence-corrected chi connectivity index (χ3v) is 5.57. The molecule has 0 spiro atoms. The van der Waals surface area contributed by atoms with Crippen molar-refractivity contribution in [2.75, 3.05) is 11.9 Å². The Morgan fingerprint density at radius 2 is 1.79 bits per heavy atom. The van der Waals surface area contributed by atoms with Gasteiger partial charge in [0.05, 0.1) is 12.0 Å². The number of benzene rings is 2. The molecular formula is C23H23N3OS. The number of ether oxygens (including phenoxy) is 1. The van der Waals surface area contributed by atoms with E-state index in [0.717, 1.165) is 38.9 Å². The molecule has 0 saturated heterocycles. The maximum atomic E-state index is 5.59. The average Bonchev–Trinajstić information content (AvgIpc) is 2.98. The molecule has 28 heavy (non-hydrogen) atoms. The minimum Gasteiger partial charge on any atom is -0.494 e. The molecule has 2 heterocycles. The highest BCUT2D eigenvalue weighted by atomic mass is 32.1. The summed E-state index contributed by atoms with van der Waals surface area (Å²) in [6.45, 7) is 8.83. The highest BCUT2D eigenvalue weighted by molar-refractivity contribution is 7.19. The molecule has 4 nitrogen and oxygen atoms in total. The number of aromatic nitrogens is 2. The van der Waals surface area contributed by atoms with Crippen molar-refractivity contribution in [2.45, 2.75) is 27.7 Å². The van der Waals surface area contributed by atoms with Gasteiger partial charge < -0.3 is 10.1 Å². The summed E-state index contributed by atoms with van der Waals surface area (Å²) in [4.78, 5) is 11.7. The van der Waals surface area contributed by atoms with Crippen LogP contribution in [0.4, 0.5) is 11.5 Å². The number of hydrogen-bond acceptors (Lipinski definition) is 5. The van der Waals surface area contributed by atoms with Crippen molar-refractivity contribution in [1.29, 1.82) is 0 Å². The van der Waals surface area contributed by atoms with E-state index in [1.807, 2.05) is 26.0 Å². The van der Waals surface area contributed by atoms with E-state index in [1.165, 1.54) is 16.0 Å². The Labute approximate surface area is 169 Å². The molecule has 4 rings (SSSR count). The monoisotopic (exact) mass is 389 g/mol. The number of anilines is 2. The molecule has 0 saturated carbocycles. The van der Waals surface area contributed by atoms with Gasteiger partial charge in [-0.3, -0.25) is 0 Å². The van der Waals surface area contributed by atoms with Crippen molar-refractivity contribution in [3.63, 3.8) is 0 Å². The summed E-state index contributed by atoms with van der Waals surface area (Å²) in [5.41, 5.74) is 4.56. The van der Waals surface area contributed by atoms with Gasteiger partial charge in [0.25, 0.3) is 0 Å². The molecule has 0 radical (unpaired) electrons. The summed E-state index contributed by atoms with van der Waals surface area (Å²) in [5, 5.41) is 4.58. The van der Waals surface area contributed by atoms with Crippen LogP contribution < -0.4 is 10.1 Å². The van der Waals surface area contributed by atoms with Gasteiger partial charge in [-0.2, -0.15) is 0 Å². The lowest BCUT2D eigenvalue weighted by atomic mass is 10.0. The van der Waals surface area contributed by atoms with Crippen molar-refractivity contribution in [1.82, 2.24) is 9.97 Å². The Hall–Kier alpha value is -2.92. The third kappa shape index (κ3) is 3.58. The lowest BCUT2D eigenvalue weighted by molar-refractivity contribution is 0.340. The molecule has 1 N–H and O–H groups in total. The van der Waals surface area contributed by atoms with E-state index in [0.29, 0.717) is 6.61 Å². The molecular weight excluding hydrogens is 366 g/mol. The molecule has 142 valence electrons. The molecule has 0 aliphatic rings. The summed E-state index contributed by atoms with van der Waals surface area (Å²) in [5.74, 6) is 2.50. The van der Waals surface area contributed by atoms with Crippen LogP contribution in [-0.4, -0.2) is 16.6 Å². The number of aryl methyl sites for hydroxylation is 3. The van der Waals surface area contributed by atoms with Crippen LogP contribution in [0.5, 0.6) is 5.75 Å². The first-order valence-corrected chi connectivity index (χ1v) is 10.2. The fourth-order valence-electron chi connectivity index (χ4n) is 3.40. The third-order valence-electron chi connectivity index (χ3n) is 4.57. The van der Waals surface area contributed by atoms with Crippen molar-refractivity contribution in [3.05, 3.63) is 64.8 Å². The second-order valence-electron chi connectivity index (χ2n) is 6.78. The summed E-state index contributed by atoms with van der Waals surface area (Å²) >= 11 is 1.71. The van der Waals surface area contributed by atoms with Crippen LogP contribution in [0.15, 0.2) is 48.5 Å². The standard InChI is InChI=1S/C23H23N3OS/c1-5-27-19-11-9-17(10-12-19)20-15(3)28-23-21(20)22(24-16(4)25-23)26-18-8-6-7-14(2)13-18/h6-13H,5H2,1-4H3,(H,24,25,26). The number of fused-ring (bicyclic) bond motifs is 1. The number of rotatable bonds is 5. The first-order valence-electron chi connectivity index (χ1n) is 9.40. The lowest BCUT2D eigenvalue weighted by Crippen LogP contribution is -1.98. The number of thiophene rings is 1. The van der Waals surface area contributed by atoms with E-state index in [-0.39, 0.29) is 0 Å². The Morgan fingerprint density at radius 1 is 1.00 bits per heavy atom. The van der Waals surface area contributed by atoms with Gasteiger partial charge in [-0.05, 0) is 63.1 Å². The van der Waals surface area contributed by atoms with Gasteiger partial charge in [0.2, 0.25) is 0 Å². The quantitative estimate of drug-likeness (QED) is 0.427. The molecule has 5 heteroatoms. The minimum absolute atomic E-state index is 0.664. The van der Waals surface area contributed by atoms with Crippen molar-refractivity contribution < 1.29 is 4.74 Å². The molecule has 4 aromatic rings. The second-order valence-corrected chi connectivity index (χ2v) is 7.99. The predicted molar refractivity (Wildman–Crippen MR) is 118 cm³/mol. The zero-order valence-electron chi connectivity index (χ0n) is 16.5. The molecule has 0 aliphatic carbocycles.